The number of carbonyl (C=O) groups is 2. The van der Waals surface area contributed by atoms with Crippen LogP contribution in [-0.2, 0) is 16.0 Å². The number of amides is 1. The number of methoxy groups -OCH3 is 1. The van der Waals surface area contributed by atoms with Crippen molar-refractivity contribution in [2.24, 2.45) is 0 Å². The molecule has 9 heteroatoms. The van der Waals surface area contributed by atoms with Gasteiger partial charge in [-0.3, -0.25) is 14.9 Å². The highest BCUT2D eigenvalue weighted by molar-refractivity contribution is 5.91. The predicted octanol–water partition coefficient (Wildman–Crippen LogP) is 3.90. The van der Waals surface area contributed by atoms with Crippen LogP contribution in [-0.4, -0.2) is 39.3 Å². The molecule has 0 aromatic carbocycles. The van der Waals surface area contributed by atoms with Gasteiger partial charge in [0.25, 0.3) is 0 Å². The first-order valence-electron chi connectivity index (χ1n) is 10.8. The van der Waals surface area contributed by atoms with Crippen molar-refractivity contribution in [2.75, 3.05) is 12.4 Å². The van der Waals surface area contributed by atoms with Crippen molar-refractivity contribution in [1.82, 2.24) is 20.3 Å². The Morgan fingerprint density at radius 3 is 2.66 bits per heavy atom. The fourth-order valence-corrected chi connectivity index (χ4v) is 3.61. The van der Waals surface area contributed by atoms with Crippen molar-refractivity contribution in [3.63, 3.8) is 0 Å². The molecule has 3 heterocycles. The molecule has 3 aromatic rings. The molecule has 3 aromatic heterocycles. The number of ether oxygens (including phenoxy) is 1. The summed E-state index contributed by atoms with van der Waals surface area (Å²) in [7, 11) is 1.39. The van der Waals surface area contributed by atoms with Crippen LogP contribution < -0.4 is 5.32 Å². The van der Waals surface area contributed by atoms with E-state index < -0.39 is 0 Å². The molecular weight excluding hydrogens is 410 g/mol. The average Bonchev–Trinajstić information content (AvgIpc) is 3.39. The molecule has 2 fully saturated rings. The summed E-state index contributed by atoms with van der Waals surface area (Å²) in [6.45, 7) is 1.82. The number of esters is 1. The van der Waals surface area contributed by atoms with Crippen molar-refractivity contribution >= 4 is 17.7 Å². The van der Waals surface area contributed by atoms with Gasteiger partial charge in [-0.2, -0.15) is 5.10 Å². The van der Waals surface area contributed by atoms with Crippen molar-refractivity contribution in [2.45, 2.75) is 57.3 Å². The molecule has 0 unspecified atom stereocenters. The molecule has 2 N–H and O–H groups in total. The minimum Gasteiger partial charge on any atom is -0.465 e. The van der Waals surface area contributed by atoms with Crippen LogP contribution in [0.25, 0.3) is 0 Å². The van der Waals surface area contributed by atoms with Crippen LogP contribution in [0.5, 0.6) is 0 Å². The summed E-state index contributed by atoms with van der Waals surface area (Å²) < 4.78 is 9.68. The van der Waals surface area contributed by atoms with E-state index in [2.05, 4.69) is 30.4 Å². The summed E-state index contributed by atoms with van der Waals surface area (Å²) in [4.78, 5) is 27.0. The summed E-state index contributed by atoms with van der Waals surface area (Å²) in [5, 5.41) is 13.6. The first kappa shape index (κ1) is 21.7. The van der Waals surface area contributed by atoms with Crippen molar-refractivity contribution in [3.05, 3.63) is 58.9 Å². The topological polar surface area (TPSA) is 123 Å². The zero-order valence-corrected chi connectivity index (χ0v) is 18.3. The van der Waals surface area contributed by atoms with E-state index in [1.807, 2.05) is 19.1 Å². The molecular formula is C23H27N5O4. The number of pyridine rings is 1. The predicted molar refractivity (Wildman–Crippen MR) is 116 cm³/mol. The molecule has 0 aliphatic heterocycles. The van der Waals surface area contributed by atoms with Gasteiger partial charge in [0.2, 0.25) is 5.91 Å². The van der Waals surface area contributed by atoms with Gasteiger partial charge < -0.3 is 14.6 Å². The normalized spacial score (nSPS) is 15.3. The Labute approximate surface area is 185 Å². The quantitative estimate of drug-likeness (QED) is 0.561. The third-order valence-electron chi connectivity index (χ3n) is 5.70. The standard InChI is InChI=1S/C13H16N4O2.C10H11NO2/c1-8-5-10(19-17-8)6-13(18)14-12-7-11(15-16-12)9-3-2-4-9;1-13-10(12)9-6-11-5-4-8(9)7-2-3-7/h5,7,9H,2-4,6H2,1H3,(H2,14,15,16,18);4-7H,2-3H2,1H3. The number of hydrogen-bond donors (Lipinski definition) is 2. The molecule has 2 saturated carbocycles. The number of rotatable bonds is 6. The Balaban J connectivity index is 0.000000165. The third-order valence-corrected chi connectivity index (χ3v) is 5.70. The SMILES string of the molecule is COC(=O)c1cnccc1C1CC1.Cc1cc(CC(=O)Nc2cc(C3CCC3)[nH]n2)on1. The maximum absolute atomic E-state index is 11.8. The Morgan fingerprint density at radius 1 is 1.22 bits per heavy atom. The lowest BCUT2D eigenvalue weighted by Crippen LogP contribution is -2.14. The molecule has 1 amide bonds. The Hall–Kier alpha value is -3.49. The Morgan fingerprint density at radius 2 is 2.03 bits per heavy atom. The minimum absolute atomic E-state index is 0.150. The van der Waals surface area contributed by atoms with Crippen LogP contribution in [0, 0.1) is 6.92 Å². The highest BCUT2D eigenvalue weighted by Gasteiger charge is 2.28. The van der Waals surface area contributed by atoms with Crippen molar-refractivity contribution in [1.29, 1.82) is 0 Å². The number of aryl methyl sites for hydroxylation is 1. The van der Waals surface area contributed by atoms with Gasteiger partial charge in [0.15, 0.2) is 5.82 Å². The molecule has 0 bridgehead atoms. The highest BCUT2D eigenvalue weighted by atomic mass is 16.5. The molecule has 0 atom stereocenters. The lowest BCUT2D eigenvalue weighted by Gasteiger charge is -2.23. The van der Waals surface area contributed by atoms with Crippen LogP contribution in [0.1, 0.15) is 77.0 Å². The summed E-state index contributed by atoms with van der Waals surface area (Å²) >= 11 is 0. The number of anilines is 1. The second kappa shape index (κ2) is 9.76. The maximum Gasteiger partial charge on any atom is 0.339 e. The van der Waals surface area contributed by atoms with Crippen LogP contribution in [0.15, 0.2) is 35.1 Å². The van der Waals surface area contributed by atoms with E-state index in [1.165, 1.54) is 39.2 Å². The third kappa shape index (κ3) is 5.40. The van der Waals surface area contributed by atoms with Gasteiger partial charge in [0.05, 0.1) is 24.8 Å². The second-order valence-corrected chi connectivity index (χ2v) is 8.22. The van der Waals surface area contributed by atoms with Crippen molar-refractivity contribution < 1.29 is 18.8 Å². The fourth-order valence-electron chi connectivity index (χ4n) is 3.61. The van der Waals surface area contributed by atoms with E-state index >= 15 is 0 Å². The smallest absolute Gasteiger partial charge is 0.339 e. The molecule has 2 aliphatic rings. The second-order valence-electron chi connectivity index (χ2n) is 8.22. The van der Waals surface area contributed by atoms with Crippen LogP contribution in [0.4, 0.5) is 5.82 Å². The molecule has 9 nitrogen and oxygen atoms in total. The molecule has 0 spiro atoms. The summed E-state index contributed by atoms with van der Waals surface area (Å²) in [6, 6.07) is 5.57. The lowest BCUT2D eigenvalue weighted by molar-refractivity contribution is -0.115. The fraction of sp³-hybridized carbons (Fsp3) is 0.435. The number of nitrogens with one attached hydrogen (secondary N) is 2. The van der Waals surface area contributed by atoms with Gasteiger partial charge >= 0.3 is 5.97 Å². The van der Waals surface area contributed by atoms with Gasteiger partial charge in [0.1, 0.15) is 5.76 Å². The maximum atomic E-state index is 11.8. The largest absolute Gasteiger partial charge is 0.465 e. The summed E-state index contributed by atoms with van der Waals surface area (Å²) in [5.41, 5.74) is 3.58. The molecule has 0 saturated heterocycles. The number of H-pyrrole nitrogens is 1. The summed E-state index contributed by atoms with van der Waals surface area (Å²) in [5.74, 6) is 1.83. The van der Waals surface area contributed by atoms with Crippen molar-refractivity contribution in [3.8, 4) is 0 Å². The minimum atomic E-state index is -0.282. The molecule has 168 valence electrons. The number of aromatic nitrogens is 4. The molecule has 5 rings (SSSR count). The van der Waals surface area contributed by atoms with Crippen LogP contribution in [0.2, 0.25) is 0 Å². The van der Waals surface area contributed by atoms with Gasteiger partial charge in [-0.1, -0.05) is 11.6 Å². The zero-order valence-electron chi connectivity index (χ0n) is 18.3. The van der Waals surface area contributed by atoms with E-state index in [9.17, 15) is 9.59 Å². The monoisotopic (exact) mass is 437 g/mol. The first-order valence-corrected chi connectivity index (χ1v) is 10.8. The van der Waals surface area contributed by atoms with Gasteiger partial charge in [0, 0.05) is 36.1 Å². The number of nitrogens with zero attached hydrogens (tertiary/aromatic N) is 3. The first-order chi connectivity index (χ1) is 15.5. The molecule has 0 radical (unpaired) electrons. The lowest BCUT2D eigenvalue weighted by atomic mass is 9.83. The average molecular weight is 438 g/mol. The van der Waals surface area contributed by atoms with Gasteiger partial charge in [-0.05, 0) is 50.2 Å². The van der Waals surface area contributed by atoms with Crippen LogP contribution >= 0.6 is 0 Å². The number of carbonyl (C=O) groups excluding carboxylic acids is 2. The van der Waals surface area contributed by atoms with E-state index in [4.69, 9.17) is 4.52 Å². The number of aromatic amines is 1. The van der Waals surface area contributed by atoms with E-state index in [1.54, 1.807) is 18.5 Å². The number of hydrogen-bond acceptors (Lipinski definition) is 7. The van der Waals surface area contributed by atoms with E-state index in [0.29, 0.717) is 29.0 Å². The molecule has 32 heavy (non-hydrogen) atoms. The van der Waals surface area contributed by atoms with E-state index in [0.717, 1.165) is 17.0 Å². The Bertz CT molecular complexity index is 1080. The van der Waals surface area contributed by atoms with Crippen LogP contribution in [0.3, 0.4) is 0 Å². The molecule has 2 aliphatic carbocycles. The highest BCUT2D eigenvalue weighted by Crippen LogP contribution is 2.41. The van der Waals surface area contributed by atoms with E-state index in [-0.39, 0.29) is 18.3 Å². The van der Waals surface area contributed by atoms with Gasteiger partial charge in [-0.25, -0.2) is 4.79 Å². The van der Waals surface area contributed by atoms with Gasteiger partial charge in [-0.15, -0.1) is 0 Å². The Kier molecular flexibility index (Phi) is 6.63. The summed E-state index contributed by atoms with van der Waals surface area (Å²) in [6.07, 6.45) is 9.50. The zero-order chi connectivity index (χ0) is 22.5.